The smallest absolute Gasteiger partial charge is 0.230 e. The first-order chi connectivity index (χ1) is 10.6. The zero-order valence-corrected chi connectivity index (χ0v) is 13.4. The Morgan fingerprint density at radius 3 is 2.50 bits per heavy atom. The van der Waals surface area contributed by atoms with E-state index in [-0.39, 0.29) is 11.7 Å². The van der Waals surface area contributed by atoms with Crippen molar-refractivity contribution in [2.75, 3.05) is 12.3 Å². The van der Waals surface area contributed by atoms with E-state index >= 15 is 0 Å². The Bertz CT molecular complexity index is 586. The van der Waals surface area contributed by atoms with Crippen LogP contribution >= 0.6 is 11.8 Å². The second kappa shape index (κ2) is 8.59. The molecule has 116 valence electrons. The van der Waals surface area contributed by atoms with Crippen LogP contribution in [0.25, 0.3) is 0 Å². The maximum atomic E-state index is 12.8. The molecular weight excluding hydrogens is 297 g/mol. The normalized spacial score (nSPS) is 11.9. The summed E-state index contributed by atoms with van der Waals surface area (Å²) >= 11 is 1.53. The fourth-order valence-corrected chi connectivity index (χ4v) is 2.88. The van der Waals surface area contributed by atoms with Crippen LogP contribution in [0.1, 0.15) is 24.0 Å². The molecule has 2 aromatic carbocycles. The monoisotopic (exact) mass is 317 g/mol. The number of thioether (sulfide) groups is 1. The van der Waals surface area contributed by atoms with E-state index in [0.29, 0.717) is 24.0 Å². The molecule has 0 aliphatic carbocycles. The zero-order valence-electron chi connectivity index (χ0n) is 12.6. The third-order valence-corrected chi connectivity index (χ3v) is 4.39. The van der Waals surface area contributed by atoms with Gasteiger partial charge in [0.1, 0.15) is 5.82 Å². The quantitative estimate of drug-likeness (QED) is 0.837. The second-order valence-electron chi connectivity index (χ2n) is 5.24. The lowest BCUT2D eigenvalue weighted by Gasteiger charge is -2.13. The van der Waals surface area contributed by atoms with E-state index in [9.17, 15) is 9.18 Å². The van der Waals surface area contributed by atoms with Gasteiger partial charge in [-0.3, -0.25) is 4.79 Å². The summed E-state index contributed by atoms with van der Waals surface area (Å²) in [6.07, 6.45) is 0. The molecule has 1 atom stereocenters. The van der Waals surface area contributed by atoms with E-state index < -0.39 is 0 Å². The third kappa shape index (κ3) is 5.53. The molecule has 0 aliphatic rings. The number of halogens is 1. The summed E-state index contributed by atoms with van der Waals surface area (Å²) in [6, 6.07) is 16.5. The maximum Gasteiger partial charge on any atom is 0.230 e. The Balaban J connectivity index is 1.66. The van der Waals surface area contributed by atoms with Gasteiger partial charge >= 0.3 is 0 Å². The van der Waals surface area contributed by atoms with Crippen LogP contribution in [0.4, 0.5) is 4.39 Å². The number of hydrogen-bond donors (Lipinski definition) is 1. The van der Waals surface area contributed by atoms with Crippen molar-refractivity contribution < 1.29 is 9.18 Å². The van der Waals surface area contributed by atoms with Crippen molar-refractivity contribution >= 4 is 17.7 Å². The molecule has 0 aromatic heterocycles. The molecule has 0 saturated heterocycles. The molecule has 2 rings (SSSR count). The molecule has 2 nitrogen and oxygen atoms in total. The lowest BCUT2D eigenvalue weighted by molar-refractivity contribution is -0.118. The van der Waals surface area contributed by atoms with Crippen LogP contribution in [0, 0.1) is 5.82 Å². The highest BCUT2D eigenvalue weighted by Gasteiger charge is 2.07. The van der Waals surface area contributed by atoms with E-state index in [0.717, 1.165) is 5.56 Å². The number of rotatable bonds is 7. The largest absolute Gasteiger partial charge is 0.355 e. The van der Waals surface area contributed by atoms with Crippen molar-refractivity contribution in [2.24, 2.45) is 0 Å². The minimum Gasteiger partial charge on any atom is -0.355 e. The SMILES string of the molecule is CC(CNC(=O)CSCc1ccc(F)cc1)c1ccccc1. The second-order valence-corrected chi connectivity index (χ2v) is 6.22. The Morgan fingerprint density at radius 1 is 1.14 bits per heavy atom. The van der Waals surface area contributed by atoms with Crippen molar-refractivity contribution in [3.05, 3.63) is 71.5 Å². The lowest BCUT2D eigenvalue weighted by atomic mass is 10.0. The summed E-state index contributed by atoms with van der Waals surface area (Å²) < 4.78 is 12.8. The number of carbonyl (C=O) groups excluding carboxylic acids is 1. The highest BCUT2D eigenvalue weighted by atomic mass is 32.2. The van der Waals surface area contributed by atoms with Gasteiger partial charge in [-0.05, 0) is 29.2 Å². The molecular formula is C18H20FNOS. The highest BCUT2D eigenvalue weighted by molar-refractivity contribution is 7.99. The summed E-state index contributed by atoms with van der Waals surface area (Å²) in [5.41, 5.74) is 2.25. The third-order valence-electron chi connectivity index (χ3n) is 3.39. The van der Waals surface area contributed by atoms with Crippen LogP contribution in [0.2, 0.25) is 0 Å². The fourth-order valence-electron chi connectivity index (χ4n) is 2.06. The van der Waals surface area contributed by atoms with E-state index in [1.807, 2.05) is 18.2 Å². The predicted molar refractivity (Wildman–Crippen MR) is 90.4 cm³/mol. The lowest BCUT2D eigenvalue weighted by Crippen LogP contribution is -2.29. The van der Waals surface area contributed by atoms with Crippen molar-refractivity contribution in [3.8, 4) is 0 Å². The molecule has 1 amide bonds. The highest BCUT2D eigenvalue weighted by Crippen LogP contribution is 2.14. The van der Waals surface area contributed by atoms with Crippen LogP contribution in [-0.2, 0) is 10.5 Å². The Kier molecular flexibility index (Phi) is 6.46. The van der Waals surface area contributed by atoms with Gasteiger partial charge in [0.2, 0.25) is 5.91 Å². The minimum atomic E-state index is -0.235. The number of carbonyl (C=O) groups is 1. The van der Waals surface area contributed by atoms with Gasteiger partial charge in [-0.2, -0.15) is 0 Å². The minimum absolute atomic E-state index is 0.0369. The molecule has 0 heterocycles. The summed E-state index contributed by atoms with van der Waals surface area (Å²) in [5.74, 6) is 1.23. The molecule has 0 fully saturated rings. The van der Waals surface area contributed by atoms with E-state index in [1.165, 1.54) is 29.5 Å². The standard InChI is InChI=1S/C18H20FNOS/c1-14(16-5-3-2-4-6-16)11-20-18(21)13-22-12-15-7-9-17(19)10-8-15/h2-10,14H,11-13H2,1H3,(H,20,21). The summed E-state index contributed by atoms with van der Waals surface area (Å²) in [5, 5.41) is 2.96. The predicted octanol–water partition coefficient (Wildman–Crippen LogP) is 3.98. The van der Waals surface area contributed by atoms with Crippen LogP contribution in [0.15, 0.2) is 54.6 Å². The topological polar surface area (TPSA) is 29.1 Å². The maximum absolute atomic E-state index is 12.8. The molecule has 0 bridgehead atoms. The van der Waals surface area contributed by atoms with Gasteiger partial charge in [0, 0.05) is 12.3 Å². The van der Waals surface area contributed by atoms with Crippen LogP contribution in [-0.4, -0.2) is 18.2 Å². The summed E-state index contributed by atoms with van der Waals surface area (Å²) in [6.45, 7) is 2.74. The van der Waals surface area contributed by atoms with Crippen LogP contribution in [0.3, 0.4) is 0 Å². The molecule has 0 saturated carbocycles. The van der Waals surface area contributed by atoms with Crippen LogP contribution < -0.4 is 5.32 Å². The zero-order chi connectivity index (χ0) is 15.8. The first-order valence-electron chi connectivity index (χ1n) is 7.29. The summed E-state index contributed by atoms with van der Waals surface area (Å²) in [4.78, 5) is 11.8. The molecule has 4 heteroatoms. The van der Waals surface area contributed by atoms with Gasteiger partial charge in [0.25, 0.3) is 0 Å². The number of amides is 1. The Labute approximate surface area is 135 Å². The molecule has 1 unspecified atom stereocenters. The number of hydrogen-bond acceptors (Lipinski definition) is 2. The van der Waals surface area contributed by atoms with Crippen LogP contribution in [0.5, 0.6) is 0 Å². The van der Waals surface area contributed by atoms with E-state index in [1.54, 1.807) is 12.1 Å². The molecule has 2 aromatic rings. The van der Waals surface area contributed by atoms with Crippen molar-refractivity contribution in [2.45, 2.75) is 18.6 Å². The van der Waals surface area contributed by atoms with Gasteiger partial charge < -0.3 is 5.32 Å². The number of benzene rings is 2. The van der Waals surface area contributed by atoms with E-state index in [4.69, 9.17) is 0 Å². The average molecular weight is 317 g/mol. The molecule has 0 radical (unpaired) electrons. The van der Waals surface area contributed by atoms with Crippen molar-refractivity contribution in [3.63, 3.8) is 0 Å². The Hall–Kier alpha value is -1.81. The molecule has 1 N–H and O–H groups in total. The molecule has 22 heavy (non-hydrogen) atoms. The van der Waals surface area contributed by atoms with Crippen molar-refractivity contribution in [1.82, 2.24) is 5.32 Å². The van der Waals surface area contributed by atoms with Gasteiger partial charge in [-0.1, -0.05) is 49.4 Å². The fraction of sp³-hybridized carbons (Fsp3) is 0.278. The van der Waals surface area contributed by atoms with Gasteiger partial charge in [-0.25, -0.2) is 4.39 Å². The van der Waals surface area contributed by atoms with Gasteiger partial charge in [0.15, 0.2) is 0 Å². The first kappa shape index (κ1) is 16.6. The Morgan fingerprint density at radius 2 is 1.82 bits per heavy atom. The number of nitrogens with one attached hydrogen (secondary N) is 1. The molecule has 0 spiro atoms. The average Bonchev–Trinajstić information content (AvgIpc) is 2.55. The van der Waals surface area contributed by atoms with Gasteiger partial charge in [-0.15, -0.1) is 11.8 Å². The van der Waals surface area contributed by atoms with E-state index in [2.05, 4.69) is 24.4 Å². The summed E-state index contributed by atoms with van der Waals surface area (Å²) in [7, 11) is 0. The van der Waals surface area contributed by atoms with Gasteiger partial charge in [0.05, 0.1) is 5.75 Å². The first-order valence-corrected chi connectivity index (χ1v) is 8.44. The molecule has 0 aliphatic heterocycles. The van der Waals surface area contributed by atoms with Crippen molar-refractivity contribution in [1.29, 1.82) is 0 Å².